The molecular formula is C17H20N2O4S. The molecule has 0 saturated heterocycles. The summed E-state index contributed by atoms with van der Waals surface area (Å²) in [7, 11) is -1.99. The number of nitrogens with one attached hydrogen (secondary N) is 1. The maximum atomic E-state index is 12.3. The second-order valence-electron chi connectivity index (χ2n) is 5.24. The van der Waals surface area contributed by atoms with Crippen molar-refractivity contribution in [1.82, 2.24) is 0 Å². The van der Waals surface area contributed by atoms with E-state index in [0.29, 0.717) is 11.4 Å². The van der Waals surface area contributed by atoms with Crippen LogP contribution < -0.4 is 15.8 Å². The monoisotopic (exact) mass is 348 g/mol. The van der Waals surface area contributed by atoms with E-state index in [1.54, 1.807) is 36.4 Å². The van der Waals surface area contributed by atoms with Gasteiger partial charge in [0.25, 0.3) is 0 Å². The van der Waals surface area contributed by atoms with Crippen LogP contribution >= 0.6 is 0 Å². The van der Waals surface area contributed by atoms with E-state index in [1.165, 1.54) is 19.2 Å². The topological polar surface area (TPSA) is 98.5 Å². The van der Waals surface area contributed by atoms with Gasteiger partial charge in [-0.2, -0.15) is 0 Å². The third-order valence-electron chi connectivity index (χ3n) is 3.49. The quantitative estimate of drug-likeness (QED) is 0.795. The van der Waals surface area contributed by atoms with E-state index in [9.17, 15) is 13.2 Å². The normalized spacial score (nSPS) is 12.4. The number of methoxy groups -OCH3 is 1. The zero-order valence-corrected chi connectivity index (χ0v) is 14.1. The summed E-state index contributed by atoms with van der Waals surface area (Å²) in [6, 6.07) is 14.1. The van der Waals surface area contributed by atoms with Crippen LogP contribution in [-0.2, 0) is 14.6 Å². The second-order valence-corrected chi connectivity index (χ2v) is 7.35. The van der Waals surface area contributed by atoms with Crippen molar-refractivity contribution >= 4 is 21.4 Å². The molecule has 3 N–H and O–H groups in total. The molecule has 0 aliphatic carbocycles. The molecule has 0 fully saturated rings. The predicted octanol–water partition coefficient (Wildman–Crippen LogP) is 1.82. The Hall–Kier alpha value is -2.38. The summed E-state index contributed by atoms with van der Waals surface area (Å²) in [5.74, 6) is -0.0399. The Kier molecular flexibility index (Phi) is 5.94. The van der Waals surface area contributed by atoms with Crippen LogP contribution in [0.2, 0.25) is 0 Å². The van der Waals surface area contributed by atoms with Crippen molar-refractivity contribution in [3.8, 4) is 5.75 Å². The van der Waals surface area contributed by atoms with Gasteiger partial charge < -0.3 is 15.8 Å². The molecule has 128 valence electrons. The molecule has 6 nitrogen and oxygen atoms in total. The van der Waals surface area contributed by atoms with Crippen molar-refractivity contribution in [2.45, 2.75) is 17.4 Å². The molecule has 2 aromatic carbocycles. The molecule has 2 aromatic rings. The number of ether oxygens (including phenoxy) is 1. The van der Waals surface area contributed by atoms with Crippen molar-refractivity contribution in [2.75, 3.05) is 18.2 Å². The summed E-state index contributed by atoms with van der Waals surface area (Å²) in [6.45, 7) is 0. The first-order chi connectivity index (χ1) is 11.4. The number of hydrogen-bond acceptors (Lipinski definition) is 5. The number of carbonyl (C=O) groups is 1. The highest BCUT2D eigenvalue weighted by Gasteiger charge is 2.20. The fourth-order valence-corrected chi connectivity index (χ4v) is 3.42. The van der Waals surface area contributed by atoms with E-state index >= 15 is 0 Å². The van der Waals surface area contributed by atoms with Crippen LogP contribution in [0.1, 0.15) is 6.42 Å². The minimum absolute atomic E-state index is 0.0348. The van der Waals surface area contributed by atoms with Gasteiger partial charge in [-0.25, -0.2) is 8.42 Å². The van der Waals surface area contributed by atoms with Crippen LogP contribution in [0.25, 0.3) is 0 Å². The van der Waals surface area contributed by atoms with Crippen LogP contribution in [0.5, 0.6) is 5.75 Å². The van der Waals surface area contributed by atoms with Gasteiger partial charge in [-0.3, -0.25) is 4.79 Å². The van der Waals surface area contributed by atoms with Crippen molar-refractivity contribution in [2.24, 2.45) is 5.73 Å². The van der Waals surface area contributed by atoms with Gasteiger partial charge in [-0.1, -0.05) is 18.2 Å². The summed E-state index contributed by atoms with van der Waals surface area (Å²) in [5.41, 5.74) is 6.42. The van der Waals surface area contributed by atoms with Gasteiger partial charge in [0.05, 0.1) is 23.8 Å². The Bertz CT molecular complexity index is 774. The van der Waals surface area contributed by atoms with Gasteiger partial charge in [0.2, 0.25) is 5.91 Å². The first-order valence-corrected chi connectivity index (χ1v) is 9.06. The molecule has 1 atom stereocenters. The van der Waals surface area contributed by atoms with E-state index in [-0.39, 0.29) is 17.1 Å². The highest BCUT2D eigenvalue weighted by atomic mass is 32.2. The molecule has 0 radical (unpaired) electrons. The summed E-state index contributed by atoms with van der Waals surface area (Å²) < 4.78 is 29.6. The fraction of sp³-hybridized carbons (Fsp3) is 0.235. The van der Waals surface area contributed by atoms with Crippen LogP contribution in [-0.4, -0.2) is 33.2 Å². The Morgan fingerprint density at radius 2 is 1.75 bits per heavy atom. The van der Waals surface area contributed by atoms with Gasteiger partial charge in [-0.05, 0) is 42.8 Å². The van der Waals surface area contributed by atoms with Gasteiger partial charge in [-0.15, -0.1) is 0 Å². The summed E-state index contributed by atoms with van der Waals surface area (Å²) in [6.07, 6.45) is 0.0348. The standard InChI is InChI=1S/C17H20N2O4S/c1-23-14-7-9-15(10-8-14)24(21,22)12-11-16(18)17(20)19-13-5-3-2-4-6-13/h2-10,16H,11-12,18H2,1H3,(H,19,20). The molecule has 0 bridgehead atoms. The Morgan fingerprint density at radius 1 is 1.12 bits per heavy atom. The highest BCUT2D eigenvalue weighted by molar-refractivity contribution is 7.91. The van der Waals surface area contributed by atoms with Crippen molar-refractivity contribution in [3.63, 3.8) is 0 Å². The second kappa shape index (κ2) is 7.94. The maximum Gasteiger partial charge on any atom is 0.241 e. The average Bonchev–Trinajstić information content (AvgIpc) is 2.60. The van der Waals surface area contributed by atoms with E-state index in [4.69, 9.17) is 10.5 Å². The SMILES string of the molecule is COc1ccc(S(=O)(=O)CCC(N)C(=O)Nc2ccccc2)cc1. The van der Waals surface area contributed by atoms with Gasteiger partial charge in [0.1, 0.15) is 5.75 Å². The number of nitrogens with two attached hydrogens (primary N) is 1. The summed E-state index contributed by atoms with van der Waals surface area (Å²) >= 11 is 0. The molecule has 0 spiro atoms. The average molecular weight is 348 g/mol. The van der Waals surface area contributed by atoms with E-state index < -0.39 is 21.8 Å². The first-order valence-electron chi connectivity index (χ1n) is 7.40. The third kappa shape index (κ3) is 4.81. The molecule has 0 aliphatic rings. The Morgan fingerprint density at radius 3 is 2.33 bits per heavy atom. The van der Waals surface area contributed by atoms with Crippen molar-refractivity contribution in [1.29, 1.82) is 0 Å². The lowest BCUT2D eigenvalue weighted by molar-refractivity contribution is -0.117. The predicted molar refractivity (Wildman–Crippen MR) is 92.7 cm³/mol. The van der Waals surface area contributed by atoms with Gasteiger partial charge in [0.15, 0.2) is 9.84 Å². The molecule has 1 amide bonds. The minimum Gasteiger partial charge on any atom is -0.497 e. The van der Waals surface area contributed by atoms with Crippen LogP contribution in [0.4, 0.5) is 5.69 Å². The van der Waals surface area contributed by atoms with Crippen LogP contribution in [0, 0.1) is 0 Å². The number of carbonyl (C=O) groups excluding carboxylic acids is 1. The molecule has 0 saturated carbocycles. The van der Waals surface area contributed by atoms with Crippen molar-refractivity contribution in [3.05, 3.63) is 54.6 Å². The fourth-order valence-electron chi connectivity index (χ4n) is 2.07. The largest absolute Gasteiger partial charge is 0.497 e. The molecule has 1 unspecified atom stereocenters. The number of amides is 1. The van der Waals surface area contributed by atoms with E-state index in [0.717, 1.165) is 0 Å². The highest BCUT2D eigenvalue weighted by Crippen LogP contribution is 2.17. The number of rotatable bonds is 7. The smallest absolute Gasteiger partial charge is 0.241 e. The van der Waals surface area contributed by atoms with E-state index in [1.807, 2.05) is 6.07 Å². The number of hydrogen-bond donors (Lipinski definition) is 2. The zero-order chi connectivity index (χ0) is 17.6. The number of benzene rings is 2. The maximum absolute atomic E-state index is 12.3. The molecule has 24 heavy (non-hydrogen) atoms. The molecule has 7 heteroatoms. The summed E-state index contributed by atoms with van der Waals surface area (Å²) in [5, 5.41) is 2.66. The minimum atomic E-state index is -3.50. The lowest BCUT2D eigenvalue weighted by Crippen LogP contribution is -2.37. The van der Waals surface area contributed by atoms with Crippen molar-refractivity contribution < 1.29 is 17.9 Å². The molecular weight excluding hydrogens is 328 g/mol. The van der Waals surface area contributed by atoms with E-state index in [2.05, 4.69) is 5.32 Å². The van der Waals surface area contributed by atoms with Crippen LogP contribution in [0.3, 0.4) is 0 Å². The Balaban J connectivity index is 1.94. The lowest BCUT2D eigenvalue weighted by atomic mass is 10.2. The molecule has 0 aliphatic heterocycles. The molecule has 0 aromatic heterocycles. The molecule has 0 heterocycles. The molecule has 2 rings (SSSR count). The van der Waals surface area contributed by atoms with Crippen LogP contribution in [0.15, 0.2) is 59.5 Å². The number of para-hydroxylation sites is 1. The lowest BCUT2D eigenvalue weighted by Gasteiger charge is -2.12. The zero-order valence-electron chi connectivity index (χ0n) is 13.3. The number of sulfone groups is 1. The third-order valence-corrected chi connectivity index (χ3v) is 5.26. The first kappa shape index (κ1) is 18.0. The van der Waals surface area contributed by atoms with Gasteiger partial charge in [0, 0.05) is 5.69 Å². The van der Waals surface area contributed by atoms with Gasteiger partial charge >= 0.3 is 0 Å². The number of anilines is 1. The Labute approximate surface area is 141 Å². The summed E-state index contributed by atoms with van der Waals surface area (Å²) in [4.78, 5) is 12.2.